The van der Waals surface area contributed by atoms with Gasteiger partial charge in [-0.2, -0.15) is 0 Å². The van der Waals surface area contributed by atoms with Crippen molar-refractivity contribution in [2.75, 3.05) is 7.11 Å². The van der Waals surface area contributed by atoms with E-state index >= 15 is 0 Å². The van der Waals surface area contributed by atoms with Crippen LogP contribution in [0.3, 0.4) is 0 Å². The van der Waals surface area contributed by atoms with Crippen molar-refractivity contribution in [1.82, 2.24) is 0 Å². The van der Waals surface area contributed by atoms with E-state index in [1.807, 2.05) is 18.2 Å². The first-order valence-electron chi connectivity index (χ1n) is 2.94. The lowest BCUT2D eigenvalue weighted by molar-refractivity contribution is 0.418. The summed E-state index contributed by atoms with van der Waals surface area (Å²) in [5.41, 5.74) is 0. The van der Waals surface area contributed by atoms with E-state index in [1.165, 1.54) is 5.19 Å². The Hall–Kier alpha value is -0.763. The van der Waals surface area contributed by atoms with Gasteiger partial charge in [-0.3, -0.25) is 0 Å². The van der Waals surface area contributed by atoms with Crippen LogP contribution in [0.15, 0.2) is 24.3 Å². The monoisotopic (exact) mass is 138 g/mol. The van der Waals surface area contributed by atoms with Crippen molar-refractivity contribution in [3.63, 3.8) is 0 Å². The van der Waals surface area contributed by atoms with Crippen LogP contribution in [0.5, 0.6) is 5.75 Å². The largest absolute Gasteiger partial charge is 0.497 e. The fourth-order valence-corrected chi connectivity index (χ4v) is 1.35. The number of hydrogen-bond donors (Lipinski definition) is 0. The molecule has 0 spiro atoms. The maximum absolute atomic E-state index is 5.08. The predicted octanol–water partition coefficient (Wildman–Crippen LogP) is -0.314. The number of para-hydroxylation sites is 1. The lowest BCUT2D eigenvalue weighted by atomic mass is 10.3. The Labute approximate surface area is 58.1 Å². The van der Waals surface area contributed by atoms with Crippen molar-refractivity contribution in [1.29, 1.82) is 0 Å². The number of ether oxygens (including phenoxy) is 1. The maximum Gasteiger partial charge on any atom is 0.117 e. The summed E-state index contributed by atoms with van der Waals surface area (Å²) in [5.74, 6) is 1.02. The van der Waals surface area contributed by atoms with Gasteiger partial charge in [-0.05, 0) is 11.3 Å². The molecule has 0 amide bonds. The summed E-state index contributed by atoms with van der Waals surface area (Å²) < 4.78 is 5.08. The van der Waals surface area contributed by atoms with Gasteiger partial charge < -0.3 is 4.74 Å². The molecule has 0 atom stereocenters. The molecule has 9 heavy (non-hydrogen) atoms. The molecule has 0 heterocycles. The number of methoxy groups -OCH3 is 1. The molecule has 0 aliphatic carbocycles. The zero-order valence-corrected chi connectivity index (χ0v) is 7.72. The molecular weight excluding hydrogens is 128 g/mol. The van der Waals surface area contributed by atoms with Crippen LogP contribution in [-0.2, 0) is 0 Å². The Morgan fingerprint density at radius 2 is 2.00 bits per heavy atom. The van der Waals surface area contributed by atoms with E-state index in [4.69, 9.17) is 4.74 Å². The first kappa shape index (κ1) is 6.36. The molecule has 0 aliphatic rings. The minimum Gasteiger partial charge on any atom is -0.497 e. The van der Waals surface area contributed by atoms with E-state index in [2.05, 4.69) is 6.07 Å². The van der Waals surface area contributed by atoms with Crippen molar-refractivity contribution in [2.45, 2.75) is 0 Å². The smallest absolute Gasteiger partial charge is 0.117 e. The Morgan fingerprint density at radius 3 is 2.44 bits per heavy atom. The molecule has 2 heteroatoms. The molecule has 1 aromatic rings. The summed E-state index contributed by atoms with van der Waals surface area (Å²) in [6.45, 7) is 0. The molecule has 0 saturated heterocycles. The molecule has 0 aromatic heterocycles. The van der Waals surface area contributed by atoms with Gasteiger partial charge in [0.25, 0.3) is 0 Å². The molecule has 0 N–H and O–H groups in total. The number of hydrogen-bond acceptors (Lipinski definition) is 1. The summed E-state index contributed by atoms with van der Waals surface area (Å²) >= 11 is 0. The minimum atomic E-state index is 1.02. The zero-order valence-electron chi connectivity index (χ0n) is 5.72. The van der Waals surface area contributed by atoms with E-state index < -0.39 is 0 Å². The Balaban J connectivity index is 3.01. The van der Waals surface area contributed by atoms with Crippen LogP contribution >= 0.6 is 0 Å². The summed E-state index contributed by atoms with van der Waals surface area (Å²) in [6.07, 6.45) is 0. The molecule has 1 rings (SSSR count). The normalized spacial score (nSPS) is 9.44. The molecule has 0 unspecified atom stereocenters. The van der Waals surface area contributed by atoms with Gasteiger partial charge in [-0.25, -0.2) is 0 Å². The quantitative estimate of drug-likeness (QED) is 0.484. The molecule has 0 aliphatic heterocycles. The molecule has 0 saturated carbocycles. The van der Waals surface area contributed by atoms with Gasteiger partial charge in [0, 0.05) is 10.2 Å². The lowest BCUT2D eigenvalue weighted by Gasteiger charge is -2.00. The highest BCUT2D eigenvalue weighted by molar-refractivity contribution is 6.34. The van der Waals surface area contributed by atoms with Crippen LogP contribution in [0.1, 0.15) is 0 Å². The predicted molar refractivity (Wildman–Crippen MR) is 42.6 cm³/mol. The lowest BCUT2D eigenvalue weighted by Crippen LogP contribution is -2.05. The molecule has 48 valence electrons. The Kier molecular flexibility index (Phi) is 1.90. The van der Waals surface area contributed by atoms with Crippen molar-refractivity contribution < 1.29 is 4.74 Å². The number of benzene rings is 1. The van der Waals surface area contributed by atoms with Crippen LogP contribution in [0.4, 0.5) is 0 Å². The van der Waals surface area contributed by atoms with Crippen LogP contribution < -0.4 is 9.92 Å². The van der Waals surface area contributed by atoms with Crippen molar-refractivity contribution in [3.05, 3.63) is 24.3 Å². The SMILES string of the molecule is COc1ccccc1[SiH3]. The molecule has 1 aromatic carbocycles. The second kappa shape index (κ2) is 2.69. The third-order valence-electron chi connectivity index (χ3n) is 1.31. The van der Waals surface area contributed by atoms with Gasteiger partial charge in [0.05, 0.1) is 7.11 Å². The van der Waals surface area contributed by atoms with Gasteiger partial charge in [-0.1, -0.05) is 18.2 Å². The fraction of sp³-hybridized carbons (Fsp3) is 0.143. The first-order chi connectivity index (χ1) is 4.34. The van der Waals surface area contributed by atoms with Gasteiger partial charge in [-0.15, -0.1) is 0 Å². The molecule has 0 bridgehead atoms. The average molecular weight is 138 g/mol. The highest BCUT2D eigenvalue weighted by atomic mass is 28.1. The topological polar surface area (TPSA) is 9.23 Å². The standard InChI is InChI=1S/C7H10OSi/c1-8-6-4-2-3-5-7(6)9/h2-5H,1,9H3. The number of rotatable bonds is 1. The van der Waals surface area contributed by atoms with Gasteiger partial charge in [0.15, 0.2) is 0 Å². The average Bonchev–Trinajstić information content (AvgIpc) is 1.89. The second-order valence-corrected chi connectivity index (χ2v) is 3.05. The van der Waals surface area contributed by atoms with E-state index in [9.17, 15) is 0 Å². The highest BCUT2D eigenvalue weighted by Crippen LogP contribution is 2.01. The van der Waals surface area contributed by atoms with Crippen molar-refractivity contribution in [2.24, 2.45) is 0 Å². The van der Waals surface area contributed by atoms with Crippen LogP contribution in [0, 0.1) is 0 Å². The van der Waals surface area contributed by atoms with Gasteiger partial charge >= 0.3 is 0 Å². The van der Waals surface area contributed by atoms with Gasteiger partial charge in [0.2, 0.25) is 0 Å². The summed E-state index contributed by atoms with van der Waals surface area (Å²) in [7, 11) is 2.77. The molecule has 0 fully saturated rings. The first-order valence-corrected chi connectivity index (χ1v) is 3.94. The fourth-order valence-electron chi connectivity index (χ4n) is 0.785. The zero-order chi connectivity index (χ0) is 6.69. The summed E-state index contributed by atoms with van der Waals surface area (Å²) in [5, 5.41) is 1.32. The van der Waals surface area contributed by atoms with E-state index in [1.54, 1.807) is 7.11 Å². The minimum absolute atomic E-state index is 1.02. The van der Waals surface area contributed by atoms with Crippen molar-refractivity contribution in [3.8, 4) is 5.75 Å². The molecular formula is C7H10OSi. The van der Waals surface area contributed by atoms with Crippen LogP contribution in [0.25, 0.3) is 0 Å². The third kappa shape index (κ3) is 1.33. The summed E-state index contributed by atoms with van der Waals surface area (Å²) in [4.78, 5) is 0. The van der Waals surface area contributed by atoms with E-state index in [0.29, 0.717) is 0 Å². The van der Waals surface area contributed by atoms with E-state index in [0.717, 1.165) is 16.0 Å². The highest BCUT2D eigenvalue weighted by Gasteiger charge is 1.90. The van der Waals surface area contributed by atoms with Crippen molar-refractivity contribution >= 4 is 15.4 Å². The van der Waals surface area contributed by atoms with Crippen LogP contribution in [-0.4, -0.2) is 17.4 Å². The Bertz CT molecular complexity index is 198. The Morgan fingerprint density at radius 1 is 1.33 bits per heavy atom. The van der Waals surface area contributed by atoms with E-state index in [-0.39, 0.29) is 0 Å². The third-order valence-corrected chi connectivity index (χ3v) is 2.14. The van der Waals surface area contributed by atoms with Gasteiger partial charge in [0.1, 0.15) is 5.75 Å². The van der Waals surface area contributed by atoms with Crippen LogP contribution in [0.2, 0.25) is 0 Å². The maximum atomic E-state index is 5.08. The summed E-state index contributed by atoms with van der Waals surface area (Å²) in [6, 6.07) is 8.10. The molecule has 0 radical (unpaired) electrons. The second-order valence-electron chi connectivity index (χ2n) is 1.97. The molecule has 1 nitrogen and oxygen atoms in total.